The molecule has 1 saturated heterocycles. The van der Waals surface area contributed by atoms with Gasteiger partial charge in [-0.1, -0.05) is 60.2 Å². The molecule has 0 saturated carbocycles. The van der Waals surface area contributed by atoms with E-state index in [1.54, 1.807) is 55.0 Å². The first kappa shape index (κ1) is 35.7. The molecule has 1 aromatic heterocycles. The molecule has 12 nitrogen and oxygen atoms in total. The van der Waals surface area contributed by atoms with E-state index in [-0.39, 0.29) is 22.7 Å². The minimum absolute atomic E-state index is 0.0475. The van der Waals surface area contributed by atoms with Crippen molar-refractivity contribution >= 4 is 45.0 Å². The normalized spacial score (nSPS) is 16.3. The second-order valence-electron chi connectivity index (χ2n) is 12.2. The van der Waals surface area contributed by atoms with Crippen LogP contribution >= 0.6 is 12.2 Å². The summed E-state index contributed by atoms with van der Waals surface area (Å²) in [6, 6.07) is 13.0. The number of carbonyl (C=O) groups excluding carboxylic acids is 3. The number of ether oxygens (including phenoxy) is 1. The van der Waals surface area contributed by atoms with E-state index in [4.69, 9.17) is 17.0 Å². The van der Waals surface area contributed by atoms with Gasteiger partial charge in [-0.15, -0.1) is 0 Å². The Morgan fingerprint density at radius 2 is 1.74 bits per heavy atom. The molecule has 3 N–H and O–H groups in total. The second-order valence-corrected chi connectivity index (χ2v) is 14.4. The molecule has 2 heterocycles. The molecule has 0 bridgehead atoms. The van der Waals surface area contributed by atoms with Gasteiger partial charge in [-0.05, 0) is 51.3 Å². The maximum Gasteiger partial charge on any atom is 0.328 e. The summed E-state index contributed by atoms with van der Waals surface area (Å²) in [5.74, 6) is -1.51. The van der Waals surface area contributed by atoms with Crippen LogP contribution < -0.4 is 15.4 Å². The van der Waals surface area contributed by atoms with Crippen LogP contribution in [0.5, 0.6) is 0 Å². The minimum atomic E-state index is -4.05. The standard InChI is InChI=1S/C33H42N6O6S2/c1-22-13-15-25(16-14-22)47(43,44)37-26(19-24-20-34-21-38(24)4)30(40)39-17-9-12-28(39)29(46)36-33(2,3)32(42)35-27(31(41)45-5)18-23-10-7-6-8-11-23/h6-8,10-11,13-16,20-21,26-28,37H,9,12,17-19H2,1-5H3,(H,35,42)(H,36,46)/t26-,27-,28+/m0/s1. The van der Waals surface area contributed by atoms with Crippen LogP contribution in [0.15, 0.2) is 72.0 Å². The number of benzene rings is 2. The van der Waals surface area contributed by atoms with Gasteiger partial charge in [0.1, 0.15) is 17.6 Å². The topological polar surface area (TPSA) is 152 Å². The van der Waals surface area contributed by atoms with Crippen molar-refractivity contribution in [3.05, 3.63) is 83.9 Å². The van der Waals surface area contributed by atoms with Gasteiger partial charge in [0, 0.05) is 38.3 Å². The van der Waals surface area contributed by atoms with Gasteiger partial charge in [-0.25, -0.2) is 18.2 Å². The summed E-state index contributed by atoms with van der Waals surface area (Å²) in [4.78, 5) is 46.2. The zero-order valence-electron chi connectivity index (χ0n) is 27.2. The number of nitrogens with zero attached hydrogens (tertiary/aromatic N) is 3. The van der Waals surface area contributed by atoms with E-state index in [0.717, 1.165) is 11.1 Å². The highest BCUT2D eigenvalue weighted by Gasteiger charge is 2.40. The number of aromatic nitrogens is 2. The first-order valence-electron chi connectivity index (χ1n) is 15.3. The lowest BCUT2D eigenvalue weighted by Gasteiger charge is -2.34. The quantitative estimate of drug-likeness (QED) is 0.182. The van der Waals surface area contributed by atoms with E-state index < -0.39 is 51.5 Å². The Bertz CT molecular complexity index is 1690. The predicted octanol–water partition coefficient (Wildman–Crippen LogP) is 2.21. The van der Waals surface area contributed by atoms with Crippen molar-refractivity contribution in [2.24, 2.45) is 7.05 Å². The van der Waals surface area contributed by atoms with Gasteiger partial charge < -0.3 is 24.8 Å². The number of rotatable bonds is 13. The molecule has 3 atom stereocenters. The molecular formula is C33H42N6O6S2. The lowest BCUT2D eigenvalue weighted by molar-refractivity contribution is -0.145. The molecule has 1 aliphatic heterocycles. The Balaban J connectivity index is 1.50. The van der Waals surface area contributed by atoms with Crippen LogP contribution in [-0.2, 0) is 49.0 Å². The monoisotopic (exact) mass is 682 g/mol. The molecule has 0 radical (unpaired) electrons. The number of thiocarbonyl (C=S) groups is 1. The predicted molar refractivity (Wildman–Crippen MR) is 181 cm³/mol. The summed E-state index contributed by atoms with van der Waals surface area (Å²) < 4.78 is 36.1. The third kappa shape index (κ3) is 9.02. The average Bonchev–Trinajstić information content (AvgIpc) is 3.69. The molecule has 252 valence electrons. The molecule has 3 aromatic rings. The molecule has 0 spiro atoms. The number of hydrogen-bond donors (Lipinski definition) is 3. The number of carbonyl (C=O) groups is 3. The van der Waals surface area contributed by atoms with Gasteiger partial charge in [-0.3, -0.25) is 9.59 Å². The van der Waals surface area contributed by atoms with Gasteiger partial charge in [0.25, 0.3) is 0 Å². The van der Waals surface area contributed by atoms with Gasteiger partial charge in [0.2, 0.25) is 21.8 Å². The zero-order valence-corrected chi connectivity index (χ0v) is 28.9. The van der Waals surface area contributed by atoms with Crippen LogP contribution in [0.25, 0.3) is 0 Å². The molecule has 14 heteroatoms. The first-order chi connectivity index (χ1) is 22.2. The van der Waals surface area contributed by atoms with E-state index in [1.165, 1.54) is 19.2 Å². The molecule has 2 aromatic carbocycles. The van der Waals surface area contributed by atoms with E-state index >= 15 is 0 Å². The third-order valence-electron chi connectivity index (χ3n) is 8.17. The highest BCUT2D eigenvalue weighted by atomic mass is 32.2. The summed E-state index contributed by atoms with van der Waals surface area (Å²) in [5, 5.41) is 5.88. The van der Waals surface area contributed by atoms with Gasteiger partial charge in [0.05, 0.1) is 29.4 Å². The molecule has 0 aliphatic carbocycles. The van der Waals surface area contributed by atoms with Crippen molar-refractivity contribution in [3.8, 4) is 0 Å². The van der Waals surface area contributed by atoms with Crippen molar-refractivity contribution < 1.29 is 27.5 Å². The number of hydrogen-bond acceptors (Lipinski definition) is 8. The van der Waals surface area contributed by atoms with Crippen LogP contribution in [0, 0.1) is 6.92 Å². The van der Waals surface area contributed by atoms with E-state index in [0.29, 0.717) is 25.1 Å². The van der Waals surface area contributed by atoms with Crippen LogP contribution in [0.3, 0.4) is 0 Å². The zero-order chi connectivity index (χ0) is 34.4. The highest BCUT2D eigenvalue weighted by Crippen LogP contribution is 2.23. The molecular weight excluding hydrogens is 641 g/mol. The maximum atomic E-state index is 14.1. The molecule has 2 amide bonds. The van der Waals surface area contributed by atoms with E-state index in [9.17, 15) is 22.8 Å². The maximum absolute atomic E-state index is 14.1. The van der Waals surface area contributed by atoms with Gasteiger partial charge >= 0.3 is 5.97 Å². The van der Waals surface area contributed by atoms with Crippen molar-refractivity contribution in [3.63, 3.8) is 0 Å². The fourth-order valence-corrected chi connectivity index (χ4v) is 7.11. The number of aryl methyl sites for hydroxylation is 2. The van der Waals surface area contributed by atoms with Crippen molar-refractivity contribution in [1.82, 2.24) is 29.8 Å². The van der Waals surface area contributed by atoms with Crippen LogP contribution in [0.1, 0.15) is 43.5 Å². The van der Waals surface area contributed by atoms with Crippen LogP contribution in [-0.4, -0.2) is 83.0 Å². The number of imidazole rings is 1. The molecule has 47 heavy (non-hydrogen) atoms. The van der Waals surface area contributed by atoms with E-state index in [1.807, 2.05) is 37.3 Å². The summed E-state index contributed by atoms with van der Waals surface area (Å²) >= 11 is 5.76. The largest absolute Gasteiger partial charge is 0.467 e. The fourth-order valence-electron chi connectivity index (χ4n) is 5.42. The Kier molecular flexibility index (Phi) is 11.5. The fraction of sp³-hybridized carbons (Fsp3) is 0.424. The molecule has 4 rings (SSSR count). The Labute approximate surface area is 281 Å². The number of sulfonamides is 1. The average molecular weight is 683 g/mol. The van der Waals surface area contributed by atoms with Crippen molar-refractivity contribution in [1.29, 1.82) is 0 Å². The number of nitrogens with one attached hydrogen (secondary N) is 3. The SMILES string of the molecule is COC(=O)[C@H](Cc1ccccc1)NC(=O)C(C)(C)NC(=S)[C@H]1CCCN1C(=O)[C@H](Cc1cncn1C)NS(=O)(=O)c1ccc(C)cc1. The van der Waals surface area contributed by atoms with E-state index in [2.05, 4.69) is 20.3 Å². The lowest BCUT2D eigenvalue weighted by Crippen LogP contribution is -2.61. The first-order valence-corrected chi connectivity index (χ1v) is 17.2. The van der Waals surface area contributed by atoms with Crippen molar-refractivity contribution in [2.45, 2.75) is 75.0 Å². The van der Waals surface area contributed by atoms with Gasteiger partial charge in [0.15, 0.2) is 0 Å². The number of esters is 1. The van der Waals surface area contributed by atoms with Crippen LogP contribution in [0.4, 0.5) is 0 Å². The Morgan fingerprint density at radius 3 is 2.36 bits per heavy atom. The Morgan fingerprint density at radius 1 is 1.06 bits per heavy atom. The van der Waals surface area contributed by atoms with Crippen LogP contribution in [0.2, 0.25) is 0 Å². The number of likely N-dealkylation sites (tertiary alicyclic amines) is 1. The van der Waals surface area contributed by atoms with Gasteiger partial charge in [-0.2, -0.15) is 4.72 Å². The summed E-state index contributed by atoms with van der Waals surface area (Å²) in [5.41, 5.74) is 1.16. The Hall–Kier alpha value is -4.14. The summed E-state index contributed by atoms with van der Waals surface area (Å²) in [6.07, 6.45) is 4.64. The third-order valence-corrected chi connectivity index (χ3v) is 10.0. The second kappa shape index (κ2) is 15.2. The highest BCUT2D eigenvalue weighted by molar-refractivity contribution is 7.89. The minimum Gasteiger partial charge on any atom is -0.467 e. The summed E-state index contributed by atoms with van der Waals surface area (Å²) in [6.45, 7) is 5.48. The lowest BCUT2D eigenvalue weighted by atomic mass is 10.0. The van der Waals surface area contributed by atoms with Crippen molar-refractivity contribution in [2.75, 3.05) is 13.7 Å². The number of methoxy groups -OCH3 is 1. The number of amides is 2. The molecule has 1 fully saturated rings. The summed E-state index contributed by atoms with van der Waals surface area (Å²) in [7, 11) is -1.02. The molecule has 0 unspecified atom stereocenters. The smallest absolute Gasteiger partial charge is 0.328 e. The molecule has 1 aliphatic rings.